The van der Waals surface area contributed by atoms with Crippen molar-refractivity contribution < 1.29 is 8.42 Å². The number of rotatable bonds is 4. The van der Waals surface area contributed by atoms with Gasteiger partial charge < -0.3 is 5.73 Å². The number of sulfonamides is 1. The van der Waals surface area contributed by atoms with E-state index in [-0.39, 0.29) is 5.75 Å². The van der Waals surface area contributed by atoms with Crippen molar-refractivity contribution in [1.82, 2.24) is 0 Å². The van der Waals surface area contributed by atoms with Crippen LogP contribution < -0.4 is 10.5 Å². The van der Waals surface area contributed by atoms with Crippen molar-refractivity contribution in [3.8, 4) is 0 Å². The first-order valence-corrected chi connectivity index (χ1v) is 7.53. The van der Waals surface area contributed by atoms with E-state index >= 15 is 0 Å². The van der Waals surface area contributed by atoms with Gasteiger partial charge in [0.25, 0.3) is 0 Å². The molecule has 4 nitrogen and oxygen atoms in total. The Kier molecular flexibility index (Phi) is 3.76. The Balaban J connectivity index is 2.20. The molecule has 2 rings (SSSR count). The first-order chi connectivity index (χ1) is 8.98. The van der Waals surface area contributed by atoms with Crippen LogP contribution in [0.4, 0.5) is 11.4 Å². The van der Waals surface area contributed by atoms with Crippen LogP contribution in [0, 0.1) is 6.92 Å². The normalized spacial score (nSPS) is 11.2. The number of anilines is 2. The van der Waals surface area contributed by atoms with Gasteiger partial charge in [0.15, 0.2) is 0 Å². The van der Waals surface area contributed by atoms with Gasteiger partial charge in [0.05, 0.1) is 11.4 Å². The molecule has 3 N–H and O–H groups in total. The molecule has 0 bridgehead atoms. The second kappa shape index (κ2) is 5.32. The number of nitrogen functional groups attached to an aromatic ring is 1. The van der Waals surface area contributed by atoms with Gasteiger partial charge in [-0.1, -0.05) is 36.4 Å². The average molecular weight is 276 g/mol. The molecule has 0 aliphatic rings. The van der Waals surface area contributed by atoms with E-state index in [9.17, 15) is 8.42 Å². The molecule has 0 aromatic heterocycles. The number of hydrogen-bond acceptors (Lipinski definition) is 3. The lowest BCUT2D eigenvalue weighted by Crippen LogP contribution is -2.16. The van der Waals surface area contributed by atoms with E-state index in [1.165, 1.54) is 0 Å². The second-order valence-electron chi connectivity index (χ2n) is 4.37. The molecule has 5 heteroatoms. The third kappa shape index (κ3) is 3.48. The van der Waals surface area contributed by atoms with Gasteiger partial charge in [-0.2, -0.15) is 0 Å². The Morgan fingerprint density at radius 2 is 1.74 bits per heavy atom. The lowest BCUT2D eigenvalue weighted by Gasteiger charge is -2.11. The van der Waals surface area contributed by atoms with Crippen LogP contribution in [0.2, 0.25) is 0 Å². The topological polar surface area (TPSA) is 72.2 Å². The third-order valence-electron chi connectivity index (χ3n) is 2.84. The molecule has 0 saturated heterocycles. The minimum Gasteiger partial charge on any atom is -0.398 e. The molecule has 0 unspecified atom stereocenters. The summed E-state index contributed by atoms with van der Waals surface area (Å²) in [6, 6.07) is 14.2. The van der Waals surface area contributed by atoms with Crippen molar-refractivity contribution in [2.75, 3.05) is 10.5 Å². The van der Waals surface area contributed by atoms with Crippen molar-refractivity contribution in [3.05, 3.63) is 59.7 Å². The highest BCUT2D eigenvalue weighted by molar-refractivity contribution is 7.91. The van der Waals surface area contributed by atoms with Gasteiger partial charge in [0.2, 0.25) is 10.0 Å². The Bertz CT molecular complexity index is 667. The highest BCUT2D eigenvalue weighted by Gasteiger charge is 2.13. The number of nitrogens with two attached hydrogens (primary N) is 1. The second-order valence-corrected chi connectivity index (χ2v) is 6.09. The third-order valence-corrected chi connectivity index (χ3v) is 4.08. The average Bonchev–Trinajstić information content (AvgIpc) is 2.35. The summed E-state index contributed by atoms with van der Waals surface area (Å²) in [6.07, 6.45) is 0. The summed E-state index contributed by atoms with van der Waals surface area (Å²) < 4.78 is 26.7. The lowest BCUT2D eigenvalue weighted by atomic mass is 10.2. The Hall–Kier alpha value is -2.01. The summed E-state index contributed by atoms with van der Waals surface area (Å²) in [7, 11) is -3.43. The van der Waals surface area contributed by atoms with Crippen LogP contribution in [0.5, 0.6) is 0 Å². The Labute approximate surface area is 113 Å². The molecule has 0 fully saturated rings. The Morgan fingerprint density at radius 1 is 1.05 bits per heavy atom. The number of benzene rings is 2. The van der Waals surface area contributed by atoms with Crippen LogP contribution in [0.15, 0.2) is 48.5 Å². The van der Waals surface area contributed by atoms with Gasteiger partial charge in [0, 0.05) is 5.69 Å². The highest BCUT2D eigenvalue weighted by atomic mass is 32.2. The molecule has 19 heavy (non-hydrogen) atoms. The smallest absolute Gasteiger partial charge is 0.236 e. The summed E-state index contributed by atoms with van der Waals surface area (Å²) in [6.45, 7) is 1.79. The van der Waals surface area contributed by atoms with E-state index in [0.29, 0.717) is 11.4 Å². The highest BCUT2D eigenvalue weighted by Crippen LogP contribution is 2.22. The molecule has 0 aliphatic carbocycles. The zero-order valence-corrected chi connectivity index (χ0v) is 11.4. The van der Waals surface area contributed by atoms with Crippen molar-refractivity contribution in [3.63, 3.8) is 0 Å². The summed E-state index contributed by atoms with van der Waals surface area (Å²) in [5, 5.41) is 0. The maximum absolute atomic E-state index is 12.1. The van der Waals surface area contributed by atoms with E-state index < -0.39 is 10.0 Å². The van der Waals surface area contributed by atoms with E-state index in [2.05, 4.69) is 4.72 Å². The molecular formula is C14H16N2O2S. The fraction of sp³-hybridized carbons (Fsp3) is 0.143. The molecule has 100 valence electrons. The summed E-state index contributed by atoms with van der Waals surface area (Å²) >= 11 is 0. The predicted molar refractivity (Wildman–Crippen MR) is 78.3 cm³/mol. The van der Waals surface area contributed by atoms with Gasteiger partial charge >= 0.3 is 0 Å². The molecular weight excluding hydrogens is 260 g/mol. The summed E-state index contributed by atoms with van der Waals surface area (Å²) in [5.74, 6) is -0.0535. The predicted octanol–water partition coefficient (Wildman–Crippen LogP) is 2.52. The minimum atomic E-state index is -3.43. The molecule has 0 amide bonds. The van der Waals surface area contributed by atoms with Crippen LogP contribution in [0.25, 0.3) is 0 Å². The van der Waals surface area contributed by atoms with Crippen LogP contribution >= 0.6 is 0 Å². The van der Waals surface area contributed by atoms with Gasteiger partial charge in [0.1, 0.15) is 0 Å². The monoisotopic (exact) mass is 276 g/mol. The van der Waals surface area contributed by atoms with E-state index in [0.717, 1.165) is 11.1 Å². The zero-order chi connectivity index (χ0) is 13.9. The maximum Gasteiger partial charge on any atom is 0.236 e. The fourth-order valence-corrected chi connectivity index (χ4v) is 3.02. The largest absolute Gasteiger partial charge is 0.398 e. The van der Waals surface area contributed by atoms with E-state index in [1.807, 2.05) is 18.2 Å². The van der Waals surface area contributed by atoms with Crippen LogP contribution in [0.3, 0.4) is 0 Å². The fourth-order valence-electron chi connectivity index (χ4n) is 1.76. The summed E-state index contributed by atoms with van der Waals surface area (Å²) in [5.41, 5.74) is 8.33. The minimum absolute atomic E-state index is 0.0535. The van der Waals surface area contributed by atoms with Crippen molar-refractivity contribution >= 4 is 21.4 Å². The molecule has 0 atom stereocenters. The molecule has 0 aliphatic heterocycles. The van der Waals surface area contributed by atoms with Crippen LogP contribution in [-0.4, -0.2) is 8.42 Å². The quantitative estimate of drug-likeness (QED) is 0.843. The van der Waals surface area contributed by atoms with Crippen LogP contribution in [-0.2, 0) is 15.8 Å². The first-order valence-electron chi connectivity index (χ1n) is 5.87. The van der Waals surface area contributed by atoms with Gasteiger partial charge in [-0.15, -0.1) is 0 Å². The molecule has 0 saturated carbocycles. The molecule has 0 spiro atoms. The van der Waals surface area contributed by atoms with Gasteiger partial charge in [-0.05, 0) is 30.2 Å². The van der Waals surface area contributed by atoms with Crippen molar-refractivity contribution in [1.29, 1.82) is 0 Å². The van der Waals surface area contributed by atoms with Gasteiger partial charge in [-0.25, -0.2) is 8.42 Å². The first kappa shape index (κ1) is 13.4. The van der Waals surface area contributed by atoms with Crippen LogP contribution in [0.1, 0.15) is 11.1 Å². The number of hydrogen-bond donors (Lipinski definition) is 2. The Morgan fingerprint density at radius 3 is 2.42 bits per heavy atom. The molecule has 0 radical (unpaired) electrons. The molecule has 2 aromatic carbocycles. The van der Waals surface area contributed by atoms with E-state index in [1.54, 1.807) is 37.3 Å². The molecule has 2 aromatic rings. The van der Waals surface area contributed by atoms with Crippen molar-refractivity contribution in [2.45, 2.75) is 12.7 Å². The van der Waals surface area contributed by atoms with Crippen molar-refractivity contribution in [2.24, 2.45) is 0 Å². The summed E-state index contributed by atoms with van der Waals surface area (Å²) in [4.78, 5) is 0. The zero-order valence-electron chi connectivity index (χ0n) is 10.6. The van der Waals surface area contributed by atoms with E-state index in [4.69, 9.17) is 5.73 Å². The molecule has 0 heterocycles. The standard InChI is InChI=1S/C14H16N2O2S/c1-11-13(15)8-5-9-14(11)16-19(17,18)10-12-6-3-2-4-7-12/h2-9,16H,10,15H2,1H3. The lowest BCUT2D eigenvalue weighted by molar-refractivity contribution is 0.600. The number of nitrogens with one attached hydrogen (secondary N) is 1. The SMILES string of the molecule is Cc1c(N)cccc1NS(=O)(=O)Cc1ccccc1. The maximum atomic E-state index is 12.1. The van der Waals surface area contributed by atoms with Gasteiger partial charge in [-0.3, -0.25) is 4.72 Å².